The molecular weight excluding hydrogens is 368 g/mol. The molecule has 2 fully saturated rings. The smallest absolute Gasteiger partial charge is 0.338 e. The second-order valence-electron chi connectivity index (χ2n) is 7.99. The Bertz CT molecular complexity index is 667. The Hall–Kier alpha value is -1.79. The normalized spacial score (nSPS) is 18.4. The van der Waals surface area contributed by atoms with Gasteiger partial charge in [-0.3, -0.25) is 4.90 Å². The molecule has 6 heteroatoms. The number of carbonyl (C=O) groups is 1. The minimum atomic E-state index is -0.304. The van der Waals surface area contributed by atoms with Crippen LogP contribution in [0, 0.1) is 6.92 Å². The molecule has 1 saturated heterocycles. The Morgan fingerprint density at radius 2 is 1.93 bits per heavy atom. The van der Waals surface area contributed by atoms with E-state index < -0.39 is 0 Å². The van der Waals surface area contributed by atoms with E-state index in [4.69, 9.17) is 14.2 Å². The fourth-order valence-corrected chi connectivity index (χ4v) is 4.51. The van der Waals surface area contributed by atoms with E-state index in [9.17, 15) is 4.79 Å². The third-order valence-electron chi connectivity index (χ3n) is 6.20. The van der Waals surface area contributed by atoms with E-state index >= 15 is 0 Å². The summed E-state index contributed by atoms with van der Waals surface area (Å²) in [6.45, 7) is 10.1. The average Bonchev–Trinajstić information content (AvgIpc) is 2.77. The fourth-order valence-electron chi connectivity index (χ4n) is 4.51. The van der Waals surface area contributed by atoms with Crippen molar-refractivity contribution in [1.82, 2.24) is 4.90 Å². The van der Waals surface area contributed by atoms with Gasteiger partial charge in [0.05, 0.1) is 25.9 Å². The molecule has 0 aromatic heterocycles. The van der Waals surface area contributed by atoms with Crippen molar-refractivity contribution < 1.29 is 19.0 Å². The minimum Gasteiger partial charge on any atom is -0.492 e. The van der Waals surface area contributed by atoms with Crippen LogP contribution >= 0.6 is 0 Å². The number of benzene rings is 1. The molecule has 1 aromatic rings. The molecule has 162 valence electrons. The van der Waals surface area contributed by atoms with Crippen LogP contribution in [0.1, 0.15) is 54.9 Å². The Balaban J connectivity index is 1.79. The summed E-state index contributed by atoms with van der Waals surface area (Å²) in [6.07, 6.45) is 6.30. The maximum absolute atomic E-state index is 12.4. The number of methoxy groups -OCH3 is 1. The van der Waals surface area contributed by atoms with Crippen LogP contribution in [-0.2, 0) is 9.47 Å². The molecule has 29 heavy (non-hydrogen) atoms. The van der Waals surface area contributed by atoms with Crippen LogP contribution in [0.2, 0.25) is 0 Å². The summed E-state index contributed by atoms with van der Waals surface area (Å²) in [6, 6.07) is 4.47. The number of hydrogen-bond acceptors (Lipinski definition) is 6. The van der Waals surface area contributed by atoms with Gasteiger partial charge in [0.15, 0.2) is 0 Å². The molecule has 0 unspecified atom stereocenters. The Kier molecular flexibility index (Phi) is 8.19. The number of nitrogens with zero attached hydrogens (tertiary/aromatic N) is 2. The molecule has 1 saturated carbocycles. The van der Waals surface area contributed by atoms with E-state index in [0.29, 0.717) is 18.2 Å². The lowest BCUT2D eigenvalue weighted by molar-refractivity contribution is 0.0322. The van der Waals surface area contributed by atoms with Crippen LogP contribution in [-0.4, -0.2) is 70.0 Å². The summed E-state index contributed by atoms with van der Waals surface area (Å²) in [7, 11) is 1.44. The maximum atomic E-state index is 12.4. The molecule has 0 amide bonds. The zero-order valence-corrected chi connectivity index (χ0v) is 18.2. The molecule has 6 nitrogen and oxygen atoms in total. The lowest BCUT2D eigenvalue weighted by Gasteiger charge is -2.37. The van der Waals surface area contributed by atoms with E-state index in [2.05, 4.69) is 22.8 Å². The van der Waals surface area contributed by atoms with E-state index in [1.807, 2.05) is 13.0 Å². The van der Waals surface area contributed by atoms with Crippen LogP contribution < -0.4 is 9.64 Å². The molecule has 0 N–H and O–H groups in total. The van der Waals surface area contributed by atoms with Gasteiger partial charge in [0, 0.05) is 44.0 Å². The summed E-state index contributed by atoms with van der Waals surface area (Å²) >= 11 is 0. The first-order valence-electron chi connectivity index (χ1n) is 11.1. The molecule has 0 atom stereocenters. The molecule has 1 aliphatic heterocycles. The van der Waals surface area contributed by atoms with Gasteiger partial charge in [-0.2, -0.15) is 0 Å². The molecule has 1 aliphatic carbocycles. The molecule has 2 aliphatic rings. The number of hydrogen-bond donors (Lipinski definition) is 0. The number of anilines is 1. The summed E-state index contributed by atoms with van der Waals surface area (Å²) in [4.78, 5) is 17.2. The van der Waals surface area contributed by atoms with Crippen molar-refractivity contribution in [3.8, 4) is 5.75 Å². The van der Waals surface area contributed by atoms with Crippen molar-refractivity contribution >= 4 is 11.7 Å². The van der Waals surface area contributed by atoms with E-state index in [1.54, 1.807) is 0 Å². The van der Waals surface area contributed by atoms with Gasteiger partial charge in [0.2, 0.25) is 0 Å². The van der Waals surface area contributed by atoms with Gasteiger partial charge in [-0.15, -0.1) is 0 Å². The largest absolute Gasteiger partial charge is 0.492 e. The van der Waals surface area contributed by atoms with Gasteiger partial charge in [0.25, 0.3) is 0 Å². The summed E-state index contributed by atoms with van der Waals surface area (Å²) < 4.78 is 16.6. The highest BCUT2D eigenvalue weighted by Gasteiger charge is 2.25. The average molecular weight is 405 g/mol. The lowest BCUT2D eigenvalue weighted by atomic mass is 9.93. The van der Waals surface area contributed by atoms with Gasteiger partial charge in [-0.25, -0.2) is 4.79 Å². The quantitative estimate of drug-likeness (QED) is 0.617. The Morgan fingerprint density at radius 3 is 2.59 bits per heavy atom. The number of carbonyl (C=O) groups excluding carboxylic acids is 1. The van der Waals surface area contributed by atoms with Crippen LogP contribution in [0.3, 0.4) is 0 Å². The molecule has 0 bridgehead atoms. The first-order chi connectivity index (χ1) is 14.1. The minimum absolute atomic E-state index is 0.304. The molecule has 0 radical (unpaired) electrons. The predicted octanol–water partition coefficient (Wildman–Crippen LogP) is 3.65. The first kappa shape index (κ1) is 21.9. The summed E-state index contributed by atoms with van der Waals surface area (Å²) in [5, 5.41) is 0. The zero-order chi connectivity index (χ0) is 20.6. The second kappa shape index (κ2) is 10.8. The van der Waals surface area contributed by atoms with Crippen molar-refractivity contribution in [2.45, 2.75) is 52.0 Å². The Labute approximate surface area is 175 Å². The molecule has 3 rings (SSSR count). The second-order valence-corrected chi connectivity index (χ2v) is 7.99. The van der Waals surface area contributed by atoms with E-state index in [-0.39, 0.29) is 5.97 Å². The van der Waals surface area contributed by atoms with E-state index in [1.165, 1.54) is 39.2 Å². The van der Waals surface area contributed by atoms with Crippen molar-refractivity contribution in [3.63, 3.8) is 0 Å². The maximum Gasteiger partial charge on any atom is 0.338 e. The molecule has 1 aromatic carbocycles. The highest BCUT2D eigenvalue weighted by Crippen LogP contribution is 2.34. The van der Waals surface area contributed by atoms with Crippen LogP contribution in [0.25, 0.3) is 0 Å². The van der Waals surface area contributed by atoms with Crippen LogP contribution in [0.5, 0.6) is 5.75 Å². The number of morpholine rings is 1. The number of ether oxygens (including phenoxy) is 3. The van der Waals surface area contributed by atoms with E-state index in [0.717, 1.165) is 56.4 Å². The molecule has 0 spiro atoms. The van der Waals surface area contributed by atoms with Crippen molar-refractivity contribution in [2.24, 2.45) is 0 Å². The first-order valence-corrected chi connectivity index (χ1v) is 11.1. The highest BCUT2D eigenvalue weighted by atomic mass is 16.5. The van der Waals surface area contributed by atoms with Crippen molar-refractivity contribution in [1.29, 1.82) is 0 Å². The summed E-state index contributed by atoms with van der Waals surface area (Å²) in [5.41, 5.74) is 2.68. The Morgan fingerprint density at radius 1 is 1.21 bits per heavy atom. The standard InChI is InChI=1S/C23H36N2O4/c1-4-25(19-8-6-5-7-9-19)22-17-20(16-21(18(22)2)23(26)27-3)29-15-12-24-10-13-28-14-11-24/h16-17,19H,4-15H2,1-3H3. The van der Waals surface area contributed by atoms with Crippen LogP contribution in [0.4, 0.5) is 5.69 Å². The van der Waals surface area contributed by atoms with Gasteiger partial charge in [-0.05, 0) is 38.3 Å². The van der Waals surface area contributed by atoms with Crippen molar-refractivity contribution in [3.05, 3.63) is 23.3 Å². The summed E-state index contributed by atoms with van der Waals surface area (Å²) in [5.74, 6) is 0.440. The van der Waals surface area contributed by atoms with Gasteiger partial charge in [-0.1, -0.05) is 19.3 Å². The highest BCUT2D eigenvalue weighted by molar-refractivity contribution is 5.93. The lowest BCUT2D eigenvalue weighted by Crippen LogP contribution is -2.38. The zero-order valence-electron chi connectivity index (χ0n) is 18.2. The molecular formula is C23H36N2O4. The van der Waals surface area contributed by atoms with Gasteiger partial charge < -0.3 is 19.1 Å². The number of esters is 1. The van der Waals surface area contributed by atoms with Crippen molar-refractivity contribution in [2.75, 3.05) is 58.0 Å². The van der Waals surface area contributed by atoms with Crippen LogP contribution in [0.15, 0.2) is 12.1 Å². The monoisotopic (exact) mass is 404 g/mol. The predicted molar refractivity (Wildman–Crippen MR) is 115 cm³/mol. The fraction of sp³-hybridized carbons (Fsp3) is 0.696. The topological polar surface area (TPSA) is 51.2 Å². The van der Waals surface area contributed by atoms with Gasteiger partial charge >= 0.3 is 5.97 Å². The third kappa shape index (κ3) is 5.64. The third-order valence-corrected chi connectivity index (χ3v) is 6.20. The molecule has 1 heterocycles. The van der Waals surface area contributed by atoms with Gasteiger partial charge in [0.1, 0.15) is 12.4 Å². The SMILES string of the molecule is CCN(c1cc(OCCN2CCOCC2)cc(C(=O)OC)c1C)C1CCCCC1. The number of rotatable bonds is 8.